The summed E-state index contributed by atoms with van der Waals surface area (Å²) in [6.07, 6.45) is 5.54. The minimum absolute atomic E-state index is 0.0660. The van der Waals surface area contributed by atoms with Crippen LogP contribution in [0.2, 0.25) is 0 Å². The summed E-state index contributed by atoms with van der Waals surface area (Å²) < 4.78 is 0. The van der Waals surface area contributed by atoms with Crippen LogP contribution in [0.4, 0.5) is 0 Å². The average molecular weight is 253 g/mol. The van der Waals surface area contributed by atoms with Crippen LogP contribution in [-0.2, 0) is 9.59 Å². The molecule has 2 aliphatic rings. The normalized spacial score (nSPS) is 23.3. The van der Waals surface area contributed by atoms with Gasteiger partial charge < -0.3 is 10.4 Å². The van der Waals surface area contributed by atoms with Crippen molar-refractivity contribution in [3.8, 4) is 0 Å². The molecule has 4 heteroatoms. The molecule has 4 nitrogen and oxygen atoms in total. The van der Waals surface area contributed by atoms with E-state index in [0.717, 1.165) is 38.5 Å². The molecule has 2 rings (SSSR count). The molecule has 0 saturated heterocycles. The molecule has 2 N–H and O–H groups in total. The number of aliphatic carboxylic acids is 1. The molecule has 0 atom stereocenters. The second-order valence-corrected chi connectivity index (χ2v) is 6.54. The van der Waals surface area contributed by atoms with Gasteiger partial charge in [-0.05, 0) is 44.4 Å². The van der Waals surface area contributed by atoms with Gasteiger partial charge in [-0.1, -0.05) is 13.8 Å². The Morgan fingerprint density at radius 2 is 1.83 bits per heavy atom. The standard InChI is InChI=1S/C14H23NO3/c1-10(2)8-13(6-7-13)12(18)15-14(4-3-5-14)9-11(16)17/h10H,3-9H2,1-2H3,(H,15,18)(H,16,17). The van der Waals surface area contributed by atoms with E-state index in [4.69, 9.17) is 5.11 Å². The molecule has 2 fully saturated rings. The maximum Gasteiger partial charge on any atom is 0.305 e. The van der Waals surface area contributed by atoms with Gasteiger partial charge in [0.05, 0.1) is 12.0 Å². The number of hydrogen-bond acceptors (Lipinski definition) is 2. The molecular weight excluding hydrogens is 230 g/mol. The van der Waals surface area contributed by atoms with E-state index in [9.17, 15) is 9.59 Å². The van der Waals surface area contributed by atoms with Gasteiger partial charge in [-0.25, -0.2) is 0 Å². The first kappa shape index (κ1) is 13.4. The maximum atomic E-state index is 12.3. The number of hydrogen-bond donors (Lipinski definition) is 2. The lowest BCUT2D eigenvalue weighted by Crippen LogP contribution is -2.56. The number of nitrogens with one attached hydrogen (secondary N) is 1. The fraction of sp³-hybridized carbons (Fsp3) is 0.857. The largest absolute Gasteiger partial charge is 0.481 e. The summed E-state index contributed by atoms with van der Waals surface area (Å²) in [6, 6.07) is 0. The topological polar surface area (TPSA) is 66.4 Å². The highest BCUT2D eigenvalue weighted by Gasteiger charge is 2.52. The molecule has 1 amide bonds. The highest BCUT2D eigenvalue weighted by Crippen LogP contribution is 2.51. The Labute approximate surface area is 108 Å². The molecule has 18 heavy (non-hydrogen) atoms. The summed E-state index contributed by atoms with van der Waals surface area (Å²) in [6.45, 7) is 4.26. The summed E-state index contributed by atoms with van der Waals surface area (Å²) in [5.41, 5.74) is -0.634. The molecule has 0 heterocycles. The van der Waals surface area contributed by atoms with Crippen molar-refractivity contribution in [1.29, 1.82) is 0 Å². The minimum atomic E-state index is -0.816. The molecule has 0 unspecified atom stereocenters. The Morgan fingerprint density at radius 3 is 2.17 bits per heavy atom. The van der Waals surface area contributed by atoms with Crippen LogP contribution in [0.25, 0.3) is 0 Å². The minimum Gasteiger partial charge on any atom is -0.481 e. The number of carboxylic acids is 1. The zero-order chi connectivity index (χ0) is 13.4. The van der Waals surface area contributed by atoms with E-state index in [1.54, 1.807) is 0 Å². The maximum absolute atomic E-state index is 12.3. The highest BCUT2D eigenvalue weighted by molar-refractivity contribution is 5.86. The van der Waals surface area contributed by atoms with Crippen LogP contribution in [0.1, 0.15) is 58.8 Å². The van der Waals surface area contributed by atoms with Crippen molar-refractivity contribution in [3.63, 3.8) is 0 Å². The average Bonchev–Trinajstić information content (AvgIpc) is 2.93. The Balaban J connectivity index is 1.96. The van der Waals surface area contributed by atoms with Crippen LogP contribution in [0.15, 0.2) is 0 Å². The Morgan fingerprint density at radius 1 is 1.22 bits per heavy atom. The van der Waals surface area contributed by atoms with Crippen molar-refractivity contribution in [2.45, 2.75) is 64.3 Å². The summed E-state index contributed by atoms with van der Waals surface area (Å²) in [5.74, 6) is -0.212. The SMILES string of the molecule is CC(C)CC1(C(=O)NC2(CC(=O)O)CCC2)CC1. The van der Waals surface area contributed by atoms with Gasteiger partial charge in [-0.3, -0.25) is 9.59 Å². The lowest BCUT2D eigenvalue weighted by atomic mass is 9.73. The third-order valence-electron chi connectivity index (χ3n) is 4.31. The molecule has 0 aromatic rings. The van der Waals surface area contributed by atoms with Gasteiger partial charge in [-0.2, -0.15) is 0 Å². The molecule has 0 aromatic carbocycles. The van der Waals surface area contributed by atoms with Gasteiger partial charge >= 0.3 is 5.97 Å². The lowest BCUT2D eigenvalue weighted by Gasteiger charge is -2.42. The predicted molar refractivity (Wildman–Crippen MR) is 68.1 cm³/mol. The van der Waals surface area contributed by atoms with Gasteiger partial charge in [0.2, 0.25) is 5.91 Å². The molecule has 0 bridgehead atoms. The van der Waals surface area contributed by atoms with E-state index in [2.05, 4.69) is 19.2 Å². The van der Waals surface area contributed by atoms with Crippen molar-refractivity contribution >= 4 is 11.9 Å². The van der Waals surface area contributed by atoms with E-state index in [1.165, 1.54) is 0 Å². The number of amides is 1. The van der Waals surface area contributed by atoms with Crippen molar-refractivity contribution in [1.82, 2.24) is 5.32 Å². The second kappa shape index (κ2) is 4.56. The van der Waals surface area contributed by atoms with Crippen LogP contribution in [0.5, 0.6) is 0 Å². The Bertz CT molecular complexity index is 354. The summed E-state index contributed by atoms with van der Waals surface area (Å²) >= 11 is 0. The summed E-state index contributed by atoms with van der Waals surface area (Å²) in [4.78, 5) is 23.2. The lowest BCUT2D eigenvalue weighted by molar-refractivity contribution is -0.141. The molecule has 102 valence electrons. The molecule has 0 aromatic heterocycles. The van der Waals surface area contributed by atoms with Gasteiger partial charge in [0, 0.05) is 5.41 Å². The molecular formula is C14H23NO3. The van der Waals surface area contributed by atoms with Crippen LogP contribution >= 0.6 is 0 Å². The van der Waals surface area contributed by atoms with Gasteiger partial charge in [-0.15, -0.1) is 0 Å². The Kier molecular flexibility index (Phi) is 3.39. The summed E-state index contributed by atoms with van der Waals surface area (Å²) in [5, 5.41) is 12.0. The van der Waals surface area contributed by atoms with E-state index >= 15 is 0 Å². The number of carbonyl (C=O) groups excluding carboxylic acids is 1. The second-order valence-electron chi connectivity index (χ2n) is 6.54. The van der Waals surface area contributed by atoms with Crippen molar-refractivity contribution in [2.24, 2.45) is 11.3 Å². The van der Waals surface area contributed by atoms with Gasteiger partial charge in [0.25, 0.3) is 0 Å². The van der Waals surface area contributed by atoms with E-state index < -0.39 is 11.5 Å². The van der Waals surface area contributed by atoms with Gasteiger partial charge in [0.1, 0.15) is 0 Å². The summed E-state index contributed by atoms with van der Waals surface area (Å²) in [7, 11) is 0. The predicted octanol–water partition coefficient (Wildman–Crippen LogP) is 2.33. The first-order chi connectivity index (χ1) is 8.38. The fourth-order valence-corrected chi connectivity index (χ4v) is 3.07. The third-order valence-corrected chi connectivity index (χ3v) is 4.31. The first-order valence-corrected chi connectivity index (χ1v) is 6.92. The monoisotopic (exact) mass is 253 g/mol. The smallest absolute Gasteiger partial charge is 0.305 e. The fourth-order valence-electron chi connectivity index (χ4n) is 3.07. The van der Waals surface area contributed by atoms with E-state index in [0.29, 0.717) is 5.92 Å². The molecule has 2 saturated carbocycles. The zero-order valence-electron chi connectivity index (χ0n) is 11.3. The quantitative estimate of drug-likeness (QED) is 0.763. The number of carbonyl (C=O) groups is 2. The first-order valence-electron chi connectivity index (χ1n) is 6.92. The van der Waals surface area contributed by atoms with Crippen LogP contribution in [0.3, 0.4) is 0 Å². The number of rotatable bonds is 6. The van der Waals surface area contributed by atoms with E-state index in [-0.39, 0.29) is 17.7 Å². The van der Waals surface area contributed by atoms with Crippen molar-refractivity contribution in [2.75, 3.05) is 0 Å². The molecule has 2 aliphatic carbocycles. The highest BCUT2D eigenvalue weighted by atomic mass is 16.4. The molecule has 0 aliphatic heterocycles. The molecule has 0 spiro atoms. The molecule has 0 radical (unpaired) electrons. The van der Waals surface area contributed by atoms with Gasteiger partial charge in [0.15, 0.2) is 0 Å². The zero-order valence-corrected chi connectivity index (χ0v) is 11.3. The third kappa shape index (κ3) is 2.68. The van der Waals surface area contributed by atoms with Crippen LogP contribution in [0, 0.1) is 11.3 Å². The Hall–Kier alpha value is -1.06. The van der Waals surface area contributed by atoms with Crippen molar-refractivity contribution < 1.29 is 14.7 Å². The van der Waals surface area contributed by atoms with Crippen LogP contribution < -0.4 is 5.32 Å². The number of carboxylic acid groups (broad SMARTS) is 1. The van der Waals surface area contributed by atoms with Crippen molar-refractivity contribution in [3.05, 3.63) is 0 Å². The van der Waals surface area contributed by atoms with E-state index in [1.807, 2.05) is 0 Å². The van der Waals surface area contributed by atoms with Crippen LogP contribution in [-0.4, -0.2) is 22.5 Å².